The van der Waals surface area contributed by atoms with Crippen molar-refractivity contribution in [2.45, 2.75) is 19.4 Å². The van der Waals surface area contributed by atoms with Crippen LogP contribution in [0.25, 0.3) is 0 Å². The molecule has 1 atom stereocenters. The number of morpholine rings is 1. The Balaban J connectivity index is 2.11. The maximum absolute atomic E-state index is 12.5. The van der Waals surface area contributed by atoms with Crippen LogP contribution in [-0.4, -0.2) is 69.0 Å². The summed E-state index contributed by atoms with van der Waals surface area (Å²) in [6.45, 7) is 6.10. The zero-order valence-corrected chi connectivity index (χ0v) is 11.1. The number of rotatable bonds is 3. The fourth-order valence-corrected chi connectivity index (χ4v) is 4.12. The molecule has 17 heavy (non-hydrogen) atoms. The van der Waals surface area contributed by atoms with E-state index in [1.54, 1.807) is 8.61 Å². The van der Waals surface area contributed by atoms with Crippen LogP contribution in [-0.2, 0) is 14.9 Å². The summed E-state index contributed by atoms with van der Waals surface area (Å²) in [5, 5.41) is 3.17. The monoisotopic (exact) mass is 263 g/mol. The van der Waals surface area contributed by atoms with Crippen LogP contribution in [0.3, 0.4) is 0 Å². The number of ether oxygens (including phenoxy) is 1. The summed E-state index contributed by atoms with van der Waals surface area (Å²) >= 11 is 0. The molecule has 0 aromatic rings. The minimum Gasteiger partial charge on any atom is -0.378 e. The van der Waals surface area contributed by atoms with Crippen molar-refractivity contribution in [3.63, 3.8) is 0 Å². The van der Waals surface area contributed by atoms with Crippen molar-refractivity contribution >= 4 is 10.2 Å². The summed E-state index contributed by atoms with van der Waals surface area (Å²) in [7, 11) is -3.30. The summed E-state index contributed by atoms with van der Waals surface area (Å²) in [6, 6.07) is -0.0105. The minimum absolute atomic E-state index is 0.0105. The fraction of sp³-hybridized carbons (Fsp3) is 1.00. The van der Waals surface area contributed by atoms with Gasteiger partial charge in [-0.1, -0.05) is 6.92 Å². The van der Waals surface area contributed by atoms with Gasteiger partial charge in [-0.15, -0.1) is 0 Å². The molecule has 0 bridgehead atoms. The second kappa shape index (κ2) is 5.62. The van der Waals surface area contributed by atoms with Crippen molar-refractivity contribution in [1.82, 2.24) is 13.9 Å². The summed E-state index contributed by atoms with van der Waals surface area (Å²) in [5.74, 6) is 0. The molecule has 2 aliphatic rings. The van der Waals surface area contributed by atoms with E-state index < -0.39 is 10.2 Å². The van der Waals surface area contributed by atoms with Gasteiger partial charge in [0.15, 0.2) is 0 Å². The molecule has 0 aromatic carbocycles. The first-order valence-corrected chi connectivity index (χ1v) is 7.61. The molecule has 1 N–H and O–H groups in total. The first-order valence-electron chi connectivity index (χ1n) is 6.21. The van der Waals surface area contributed by atoms with Crippen LogP contribution >= 0.6 is 0 Å². The highest BCUT2D eigenvalue weighted by Crippen LogP contribution is 2.18. The van der Waals surface area contributed by atoms with Gasteiger partial charge < -0.3 is 10.1 Å². The quantitative estimate of drug-likeness (QED) is 0.727. The van der Waals surface area contributed by atoms with Crippen LogP contribution in [0.4, 0.5) is 0 Å². The highest BCUT2D eigenvalue weighted by molar-refractivity contribution is 7.86. The van der Waals surface area contributed by atoms with E-state index in [0.717, 1.165) is 19.5 Å². The lowest BCUT2D eigenvalue weighted by Crippen LogP contribution is -2.57. The third-order valence-electron chi connectivity index (χ3n) is 3.34. The number of piperazine rings is 1. The Morgan fingerprint density at radius 2 is 2.00 bits per heavy atom. The standard InChI is InChI=1S/C10H21N3O3S/c1-2-10-9-16-8-7-13(10)17(14,15)12-5-3-11-4-6-12/h10-11H,2-9H2,1H3. The second-order valence-corrected chi connectivity index (χ2v) is 6.29. The summed E-state index contributed by atoms with van der Waals surface area (Å²) < 4.78 is 33.5. The number of nitrogens with zero attached hydrogens (tertiary/aromatic N) is 2. The summed E-state index contributed by atoms with van der Waals surface area (Å²) in [6.07, 6.45) is 0.797. The molecule has 0 radical (unpaired) electrons. The molecule has 0 amide bonds. The van der Waals surface area contributed by atoms with E-state index >= 15 is 0 Å². The van der Waals surface area contributed by atoms with Gasteiger partial charge in [-0.25, -0.2) is 0 Å². The first-order chi connectivity index (χ1) is 8.16. The smallest absolute Gasteiger partial charge is 0.282 e. The lowest BCUT2D eigenvalue weighted by Gasteiger charge is -2.38. The molecule has 0 aromatic heterocycles. The van der Waals surface area contributed by atoms with Crippen LogP contribution < -0.4 is 5.32 Å². The lowest BCUT2D eigenvalue weighted by molar-refractivity contribution is 0.0283. The van der Waals surface area contributed by atoms with Crippen molar-refractivity contribution < 1.29 is 13.2 Å². The Hall–Kier alpha value is -0.210. The molecule has 1 unspecified atom stereocenters. The molecule has 6 nitrogen and oxygen atoms in total. The largest absolute Gasteiger partial charge is 0.378 e. The third kappa shape index (κ3) is 2.79. The van der Waals surface area contributed by atoms with E-state index in [0.29, 0.717) is 32.8 Å². The molecule has 2 fully saturated rings. The Morgan fingerprint density at radius 3 is 2.65 bits per heavy atom. The van der Waals surface area contributed by atoms with Gasteiger partial charge in [0.2, 0.25) is 0 Å². The molecule has 2 aliphatic heterocycles. The van der Waals surface area contributed by atoms with Crippen LogP contribution in [0.15, 0.2) is 0 Å². The maximum atomic E-state index is 12.5. The van der Waals surface area contributed by atoms with Crippen LogP contribution in [0.2, 0.25) is 0 Å². The zero-order valence-electron chi connectivity index (χ0n) is 10.3. The third-order valence-corrected chi connectivity index (χ3v) is 5.43. The number of hydrogen-bond acceptors (Lipinski definition) is 4. The van der Waals surface area contributed by atoms with Gasteiger partial charge in [0.05, 0.1) is 13.2 Å². The Morgan fingerprint density at radius 1 is 1.29 bits per heavy atom. The predicted molar refractivity (Wildman–Crippen MR) is 65.0 cm³/mol. The topological polar surface area (TPSA) is 61.9 Å². The van der Waals surface area contributed by atoms with Gasteiger partial charge in [0.25, 0.3) is 10.2 Å². The van der Waals surface area contributed by atoms with Crippen LogP contribution in [0.1, 0.15) is 13.3 Å². The SMILES string of the molecule is CCC1COCCN1S(=O)(=O)N1CCNCC1. The second-order valence-electron chi connectivity index (χ2n) is 4.40. The molecule has 0 saturated carbocycles. The van der Waals surface area contributed by atoms with Crippen molar-refractivity contribution in [1.29, 1.82) is 0 Å². The Labute approximate surface area is 103 Å². The van der Waals surface area contributed by atoms with Gasteiger partial charge in [0, 0.05) is 38.8 Å². The Kier molecular flexibility index (Phi) is 4.37. The molecule has 2 saturated heterocycles. The highest BCUT2D eigenvalue weighted by Gasteiger charge is 2.36. The van der Waals surface area contributed by atoms with Crippen molar-refractivity contribution in [3.8, 4) is 0 Å². The molecule has 0 spiro atoms. The van der Waals surface area contributed by atoms with Gasteiger partial charge in [0.1, 0.15) is 0 Å². The number of hydrogen-bond donors (Lipinski definition) is 1. The van der Waals surface area contributed by atoms with Crippen molar-refractivity contribution in [2.24, 2.45) is 0 Å². The van der Waals surface area contributed by atoms with E-state index in [-0.39, 0.29) is 6.04 Å². The van der Waals surface area contributed by atoms with Gasteiger partial charge in [-0.3, -0.25) is 0 Å². The fourth-order valence-electron chi connectivity index (χ4n) is 2.29. The lowest BCUT2D eigenvalue weighted by atomic mass is 10.2. The van der Waals surface area contributed by atoms with Gasteiger partial charge >= 0.3 is 0 Å². The Bertz CT molecular complexity index is 341. The molecular formula is C10H21N3O3S. The molecule has 2 heterocycles. The minimum atomic E-state index is -3.30. The van der Waals surface area contributed by atoms with Crippen LogP contribution in [0.5, 0.6) is 0 Å². The van der Waals surface area contributed by atoms with E-state index in [9.17, 15) is 8.42 Å². The van der Waals surface area contributed by atoms with E-state index in [4.69, 9.17) is 4.74 Å². The molecule has 7 heteroatoms. The van der Waals surface area contributed by atoms with E-state index in [2.05, 4.69) is 5.32 Å². The van der Waals surface area contributed by atoms with Crippen molar-refractivity contribution in [3.05, 3.63) is 0 Å². The first kappa shape index (κ1) is 13.2. The van der Waals surface area contributed by atoms with E-state index in [1.165, 1.54) is 0 Å². The normalized spacial score (nSPS) is 29.4. The van der Waals surface area contributed by atoms with Crippen LogP contribution in [0, 0.1) is 0 Å². The summed E-state index contributed by atoms with van der Waals surface area (Å²) in [5.41, 5.74) is 0. The maximum Gasteiger partial charge on any atom is 0.282 e. The predicted octanol–water partition coefficient (Wildman–Crippen LogP) is -0.753. The zero-order chi connectivity index (χ0) is 12.3. The highest BCUT2D eigenvalue weighted by atomic mass is 32.2. The van der Waals surface area contributed by atoms with E-state index in [1.807, 2.05) is 6.92 Å². The number of nitrogens with one attached hydrogen (secondary N) is 1. The molecule has 2 rings (SSSR count). The summed E-state index contributed by atoms with van der Waals surface area (Å²) in [4.78, 5) is 0. The van der Waals surface area contributed by atoms with Gasteiger partial charge in [-0.2, -0.15) is 17.0 Å². The van der Waals surface area contributed by atoms with Gasteiger partial charge in [-0.05, 0) is 6.42 Å². The molecular weight excluding hydrogens is 242 g/mol. The average Bonchev–Trinajstić information content (AvgIpc) is 2.39. The average molecular weight is 263 g/mol. The molecule has 0 aliphatic carbocycles. The molecule has 100 valence electrons. The van der Waals surface area contributed by atoms with Crippen molar-refractivity contribution in [2.75, 3.05) is 45.9 Å².